The summed E-state index contributed by atoms with van der Waals surface area (Å²) < 4.78 is 17.1. The average Bonchev–Trinajstić information content (AvgIpc) is 2.18. The van der Waals surface area contributed by atoms with Crippen molar-refractivity contribution in [1.29, 1.82) is 0 Å². The molecule has 17 heavy (non-hydrogen) atoms. The molecule has 0 bridgehead atoms. The maximum Gasteiger partial charge on any atom is 0.205 e. The molecule has 4 nitrogen and oxygen atoms in total. The Hall–Kier alpha value is 0.0569. The zero-order valence-corrected chi connectivity index (χ0v) is 12.7. The zero-order valence-electron chi connectivity index (χ0n) is 11.7. The fourth-order valence-corrected chi connectivity index (χ4v) is 2.39. The smallest absolute Gasteiger partial charge is 0.205 e. The number of ether oxygens (including phenoxy) is 2. The second-order valence-electron chi connectivity index (χ2n) is 6.11. The van der Waals surface area contributed by atoms with Crippen molar-refractivity contribution >= 4 is 9.04 Å². The monoisotopic (exact) mass is 261 g/mol. The third-order valence-corrected chi connectivity index (χ3v) is 3.48. The second-order valence-corrected chi connectivity index (χ2v) is 8.22. The van der Waals surface area contributed by atoms with Crippen molar-refractivity contribution < 1.29 is 19.0 Å². The summed E-state index contributed by atoms with van der Waals surface area (Å²) in [5, 5.41) is 9.93. The van der Waals surface area contributed by atoms with Gasteiger partial charge in [0.1, 0.15) is 6.10 Å². The van der Waals surface area contributed by atoms with E-state index in [4.69, 9.17) is 13.9 Å². The van der Waals surface area contributed by atoms with Gasteiger partial charge in [0.15, 0.2) is 5.79 Å². The molecule has 0 spiro atoms. The van der Waals surface area contributed by atoms with Gasteiger partial charge in [-0.15, -0.1) is 0 Å². The van der Waals surface area contributed by atoms with Gasteiger partial charge in [0.05, 0.1) is 19.3 Å². The maximum absolute atomic E-state index is 9.93. The summed E-state index contributed by atoms with van der Waals surface area (Å²) in [4.78, 5) is 0. The summed E-state index contributed by atoms with van der Waals surface area (Å²) >= 11 is 0. The zero-order chi connectivity index (χ0) is 13.3. The van der Waals surface area contributed by atoms with Crippen molar-refractivity contribution in [2.75, 3.05) is 13.2 Å². The molecule has 0 amide bonds. The minimum Gasteiger partial charge on any atom is -0.412 e. The quantitative estimate of drug-likeness (QED) is 0.787. The van der Waals surface area contributed by atoms with E-state index < -0.39 is 20.9 Å². The van der Waals surface area contributed by atoms with Crippen LogP contribution in [0.1, 0.15) is 27.7 Å². The van der Waals surface area contributed by atoms with Crippen molar-refractivity contribution in [1.82, 2.24) is 0 Å². The molecule has 1 radical (unpaired) electrons. The summed E-state index contributed by atoms with van der Waals surface area (Å²) in [6.45, 7) is 12.9. The normalized spacial score (nSPS) is 35.3. The lowest BCUT2D eigenvalue weighted by Crippen LogP contribution is -2.56. The molecule has 0 aromatic rings. The first-order chi connectivity index (χ1) is 7.64. The highest BCUT2D eigenvalue weighted by molar-refractivity contribution is 6.48. The molecule has 0 aliphatic carbocycles. The molecule has 1 rings (SSSR count). The Morgan fingerprint density at radius 3 is 2.47 bits per heavy atom. The first kappa shape index (κ1) is 15.1. The van der Waals surface area contributed by atoms with E-state index in [-0.39, 0.29) is 11.5 Å². The van der Waals surface area contributed by atoms with Gasteiger partial charge >= 0.3 is 0 Å². The van der Waals surface area contributed by atoms with Crippen molar-refractivity contribution in [2.24, 2.45) is 5.41 Å². The minimum atomic E-state index is -0.759. The molecule has 3 atom stereocenters. The Balaban J connectivity index is 2.65. The first-order valence-electron chi connectivity index (χ1n) is 6.07. The second kappa shape index (κ2) is 5.36. The molecule has 1 fully saturated rings. The van der Waals surface area contributed by atoms with Crippen molar-refractivity contribution in [3.05, 3.63) is 0 Å². The number of hydrogen-bond donors (Lipinski definition) is 1. The van der Waals surface area contributed by atoms with Gasteiger partial charge in [0.2, 0.25) is 9.04 Å². The van der Waals surface area contributed by atoms with Gasteiger partial charge in [-0.1, -0.05) is 20.8 Å². The van der Waals surface area contributed by atoms with E-state index in [1.165, 1.54) is 0 Å². The average molecular weight is 261 g/mol. The maximum atomic E-state index is 9.93. The standard InChI is InChI=1S/C12H25O4Si/c1-11(2,3)10-9(13)7-14-12(4,16-10)8-15-17(5)6/h9-10,13H,7-8H2,1-6H3/t9-,10-,12-/m1/s1. The van der Waals surface area contributed by atoms with Gasteiger partial charge in [-0.25, -0.2) is 0 Å². The van der Waals surface area contributed by atoms with E-state index in [9.17, 15) is 5.11 Å². The lowest BCUT2D eigenvalue weighted by Gasteiger charge is -2.46. The molecule has 101 valence electrons. The van der Waals surface area contributed by atoms with Gasteiger partial charge < -0.3 is 19.0 Å². The predicted molar refractivity (Wildman–Crippen MR) is 68.1 cm³/mol. The first-order valence-corrected chi connectivity index (χ1v) is 8.48. The van der Waals surface area contributed by atoms with Crippen molar-refractivity contribution in [2.45, 2.75) is 58.8 Å². The molecule has 0 saturated carbocycles. The molecular weight excluding hydrogens is 236 g/mol. The fourth-order valence-electron chi connectivity index (χ4n) is 1.84. The molecule has 1 N–H and O–H groups in total. The highest BCUT2D eigenvalue weighted by atomic mass is 28.3. The molecule has 0 unspecified atom stereocenters. The van der Waals surface area contributed by atoms with E-state index in [2.05, 4.69) is 33.9 Å². The van der Waals surface area contributed by atoms with E-state index in [0.717, 1.165) is 0 Å². The highest BCUT2D eigenvalue weighted by Gasteiger charge is 2.44. The Labute approximate surface area is 106 Å². The Bertz CT molecular complexity index is 251. The van der Waals surface area contributed by atoms with Crippen LogP contribution in [0.15, 0.2) is 0 Å². The van der Waals surface area contributed by atoms with Crippen LogP contribution in [0.4, 0.5) is 0 Å². The van der Waals surface area contributed by atoms with Gasteiger partial charge in [0.25, 0.3) is 0 Å². The van der Waals surface area contributed by atoms with Crippen LogP contribution in [0, 0.1) is 5.41 Å². The van der Waals surface area contributed by atoms with Crippen molar-refractivity contribution in [3.63, 3.8) is 0 Å². The molecule has 1 aliphatic heterocycles. The third kappa shape index (κ3) is 4.33. The van der Waals surface area contributed by atoms with Crippen LogP contribution < -0.4 is 0 Å². The summed E-state index contributed by atoms with van der Waals surface area (Å²) in [7, 11) is -0.759. The molecule has 1 heterocycles. The van der Waals surface area contributed by atoms with E-state index in [1.54, 1.807) is 0 Å². The van der Waals surface area contributed by atoms with Crippen LogP contribution in [-0.4, -0.2) is 45.4 Å². The minimum absolute atomic E-state index is 0.114. The summed E-state index contributed by atoms with van der Waals surface area (Å²) in [5.74, 6) is -0.737. The SMILES string of the molecule is C[Si](C)OC[C@]1(C)OC[C@@H](O)[C@H](C(C)(C)C)O1. The number of aliphatic hydroxyl groups excluding tert-OH is 1. The number of aliphatic hydroxyl groups is 1. The summed E-state index contributed by atoms with van der Waals surface area (Å²) in [6, 6.07) is 0. The Kier molecular flexibility index (Phi) is 4.77. The van der Waals surface area contributed by atoms with Gasteiger partial charge in [0, 0.05) is 0 Å². The summed E-state index contributed by atoms with van der Waals surface area (Å²) in [5.41, 5.74) is -0.114. The van der Waals surface area contributed by atoms with Crippen LogP contribution in [0.5, 0.6) is 0 Å². The van der Waals surface area contributed by atoms with Crippen LogP contribution in [0.2, 0.25) is 13.1 Å². The molecule has 5 heteroatoms. The largest absolute Gasteiger partial charge is 0.412 e. The van der Waals surface area contributed by atoms with Crippen LogP contribution in [0.25, 0.3) is 0 Å². The van der Waals surface area contributed by atoms with Gasteiger partial charge in [-0.05, 0) is 25.4 Å². The Morgan fingerprint density at radius 2 is 2.00 bits per heavy atom. The van der Waals surface area contributed by atoms with Gasteiger partial charge in [-0.2, -0.15) is 0 Å². The molecule has 1 aliphatic rings. The topological polar surface area (TPSA) is 47.9 Å². The lowest BCUT2D eigenvalue weighted by molar-refractivity contribution is -0.336. The molecule has 0 aromatic carbocycles. The van der Waals surface area contributed by atoms with Crippen LogP contribution >= 0.6 is 0 Å². The number of hydrogen-bond acceptors (Lipinski definition) is 4. The van der Waals surface area contributed by atoms with Crippen LogP contribution in [-0.2, 0) is 13.9 Å². The predicted octanol–water partition coefficient (Wildman–Crippen LogP) is 1.79. The highest BCUT2D eigenvalue weighted by Crippen LogP contribution is 2.33. The Morgan fingerprint density at radius 1 is 1.41 bits per heavy atom. The van der Waals surface area contributed by atoms with E-state index in [1.807, 2.05) is 6.92 Å². The van der Waals surface area contributed by atoms with Gasteiger partial charge in [-0.3, -0.25) is 0 Å². The van der Waals surface area contributed by atoms with E-state index >= 15 is 0 Å². The lowest BCUT2D eigenvalue weighted by atomic mass is 9.85. The summed E-state index contributed by atoms with van der Waals surface area (Å²) in [6.07, 6.45) is -0.801. The molecule has 1 saturated heterocycles. The number of rotatable bonds is 3. The fraction of sp³-hybridized carbons (Fsp3) is 1.00. The third-order valence-electron chi connectivity index (χ3n) is 2.76. The van der Waals surface area contributed by atoms with Crippen LogP contribution in [0.3, 0.4) is 0 Å². The molecule has 0 aromatic heterocycles. The van der Waals surface area contributed by atoms with E-state index in [0.29, 0.717) is 13.2 Å². The molecular formula is C12H25O4Si. The van der Waals surface area contributed by atoms with Crippen molar-refractivity contribution in [3.8, 4) is 0 Å².